The molecule has 1 aromatic rings. The summed E-state index contributed by atoms with van der Waals surface area (Å²) in [6, 6.07) is 6.26. The van der Waals surface area contributed by atoms with Crippen molar-refractivity contribution in [1.29, 1.82) is 0 Å². The lowest BCUT2D eigenvalue weighted by molar-refractivity contribution is 0.0978. The van der Waals surface area contributed by atoms with Gasteiger partial charge in [0.1, 0.15) is 0 Å². The van der Waals surface area contributed by atoms with Crippen molar-refractivity contribution < 1.29 is 0 Å². The molecule has 2 nitrogen and oxygen atoms in total. The maximum absolute atomic E-state index is 6.24. The van der Waals surface area contributed by atoms with E-state index in [0.29, 0.717) is 11.1 Å². The third-order valence-electron chi connectivity index (χ3n) is 3.49. The average molecular weight is 287 g/mol. The van der Waals surface area contributed by atoms with Crippen LogP contribution >= 0.6 is 23.2 Å². The van der Waals surface area contributed by atoms with E-state index in [2.05, 4.69) is 31.0 Å². The Morgan fingerprint density at radius 1 is 1.39 bits per heavy atom. The van der Waals surface area contributed by atoms with Gasteiger partial charge in [-0.05, 0) is 38.5 Å². The highest BCUT2D eigenvalue weighted by Crippen LogP contribution is 2.24. The molecule has 1 N–H and O–H groups in total. The Bertz CT molecular complexity index is 432. The largest absolute Gasteiger partial charge is 0.309 e. The Kier molecular flexibility index (Phi) is 4.22. The van der Waals surface area contributed by atoms with Gasteiger partial charge in [0, 0.05) is 41.3 Å². The maximum Gasteiger partial charge on any atom is 0.0465 e. The van der Waals surface area contributed by atoms with Gasteiger partial charge in [0.05, 0.1) is 0 Å². The van der Waals surface area contributed by atoms with Gasteiger partial charge < -0.3 is 5.32 Å². The molecule has 1 heterocycles. The highest BCUT2D eigenvalue weighted by Gasteiger charge is 2.30. The molecule has 1 unspecified atom stereocenters. The number of hydrogen-bond acceptors (Lipinski definition) is 2. The Hall–Kier alpha value is -0.280. The van der Waals surface area contributed by atoms with Crippen molar-refractivity contribution in [2.45, 2.75) is 38.9 Å². The zero-order chi connectivity index (χ0) is 13.3. The number of piperazine rings is 1. The molecular formula is C14H20Cl2N2. The smallest absolute Gasteiger partial charge is 0.0465 e. The summed E-state index contributed by atoms with van der Waals surface area (Å²) in [6.07, 6.45) is 0. The lowest BCUT2D eigenvalue weighted by Crippen LogP contribution is -2.60. The summed E-state index contributed by atoms with van der Waals surface area (Å²) in [4.78, 5) is 2.46. The summed E-state index contributed by atoms with van der Waals surface area (Å²) in [5.41, 5.74) is 1.30. The SMILES string of the molecule is CC1CNC(C)(C)CN1Cc1ccc(Cl)cc1Cl. The van der Waals surface area contributed by atoms with Crippen LogP contribution in [0.15, 0.2) is 18.2 Å². The fourth-order valence-corrected chi connectivity index (χ4v) is 2.82. The molecule has 1 fully saturated rings. The predicted molar refractivity (Wildman–Crippen MR) is 78.4 cm³/mol. The van der Waals surface area contributed by atoms with Crippen LogP contribution in [-0.4, -0.2) is 29.6 Å². The van der Waals surface area contributed by atoms with E-state index in [4.69, 9.17) is 23.2 Å². The Morgan fingerprint density at radius 2 is 2.11 bits per heavy atom. The molecule has 1 atom stereocenters. The number of rotatable bonds is 2. The molecule has 100 valence electrons. The van der Waals surface area contributed by atoms with Crippen LogP contribution in [0.2, 0.25) is 10.0 Å². The second-order valence-corrected chi connectivity index (χ2v) is 6.60. The Labute approximate surface area is 119 Å². The molecule has 1 aliphatic rings. The summed E-state index contributed by atoms with van der Waals surface area (Å²) in [6.45, 7) is 9.62. The van der Waals surface area contributed by atoms with Gasteiger partial charge in [0.15, 0.2) is 0 Å². The first-order chi connectivity index (χ1) is 8.37. The molecule has 0 radical (unpaired) electrons. The van der Waals surface area contributed by atoms with E-state index in [-0.39, 0.29) is 5.54 Å². The van der Waals surface area contributed by atoms with E-state index >= 15 is 0 Å². The quantitative estimate of drug-likeness (QED) is 0.894. The molecule has 0 amide bonds. The first-order valence-corrected chi connectivity index (χ1v) is 7.06. The Balaban J connectivity index is 2.12. The molecule has 4 heteroatoms. The molecule has 2 rings (SSSR count). The Morgan fingerprint density at radius 3 is 2.78 bits per heavy atom. The molecule has 0 spiro atoms. The molecule has 1 aromatic carbocycles. The molecule has 0 aliphatic carbocycles. The zero-order valence-corrected chi connectivity index (χ0v) is 12.6. The van der Waals surface area contributed by atoms with Crippen molar-refractivity contribution in [3.05, 3.63) is 33.8 Å². The first-order valence-electron chi connectivity index (χ1n) is 6.30. The molecule has 1 aliphatic heterocycles. The number of halogens is 2. The first kappa shape index (κ1) is 14.1. The summed E-state index contributed by atoms with van der Waals surface area (Å²) < 4.78 is 0. The van der Waals surface area contributed by atoms with Gasteiger partial charge in [-0.15, -0.1) is 0 Å². The van der Waals surface area contributed by atoms with Crippen molar-refractivity contribution in [1.82, 2.24) is 10.2 Å². The fraction of sp³-hybridized carbons (Fsp3) is 0.571. The summed E-state index contributed by atoms with van der Waals surface area (Å²) in [7, 11) is 0. The van der Waals surface area contributed by atoms with Crippen molar-refractivity contribution >= 4 is 23.2 Å². The van der Waals surface area contributed by atoms with Crippen molar-refractivity contribution in [2.24, 2.45) is 0 Å². The summed E-state index contributed by atoms with van der Waals surface area (Å²) in [5, 5.41) is 5.00. The second-order valence-electron chi connectivity index (χ2n) is 5.75. The normalized spacial score (nSPS) is 24.2. The van der Waals surface area contributed by atoms with Gasteiger partial charge in [-0.1, -0.05) is 29.3 Å². The van der Waals surface area contributed by atoms with Crippen LogP contribution in [0.1, 0.15) is 26.3 Å². The third kappa shape index (κ3) is 3.39. The highest BCUT2D eigenvalue weighted by molar-refractivity contribution is 6.35. The van der Waals surface area contributed by atoms with Crippen LogP contribution in [-0.2, 0) is 6.54 Å². The van der Waals surface area contributed by atoms with Gasteiger partial charge in [-0.25, -0.2) is 0 Å². The number of nitrogens with zero attached hydrogens (tertiary/aromatic N) is 1. The standard InChI is InChI=1S/C14H20Cl2N2/c1-10-7-17-14(2,3)9-18(10)8-11-4-5-12(15)6-13(11)16/h4-6,10,17H,7-9H2,1-3H3. The third-order valence-corrected chi connectivity index (χ3v) is 4.07. The van der Waals surface area contributed by atoms with Gasteiger partial charge >= 0.3 is 0 Å². The molecular weight excluding hydrogens is 267 g/mol. The second kappa shape index (κ2) is 5.38. The number of benzene rings is 1. The highest BCUT2D eigenvalue weighted by atomic mass is 35.5. The molecule has 0 bridgehead atoms. The van der Waals surface area contributed by atoms with Gasteiger partial charge in [0.25, 0.3) is 0 Å². The topological polar surface area (TPSA) is 15.3 Å². The van der Waals surface area contributed by atoms with E-state index in [9.17, 15) is 0 Å². The van der Waals surface area contributed by atoms with E-state index < -0.39 is 0 Å². The maximum atomic E-state index is 6.24. The minimum Gasteiger partial charge on any atom is -0.309 e. The predicted octanol–water partition coefficient (Wildman–Crippen LogP) is 3.57. The summed E-state index contributed by atoms with van der Waals surface area (Å²) >= 11 is 12.2. The number of nitrogens with one attached hydrogen (secondary N) is 1. The van der Waals surface area contributed by atoms with Crippen LogP contribution in [0.3, 0.4) is 0 Å². The van der Waals surface area contributed by atoms with Crippen molar-refractivity contribution in [2.75, 3.05) is 13.1 Å². The van der Waals surface area contributed by atoms with Crippen molar-refractivity contribution in [3.63, 3.8) is 0 Å². The van der Waals surface area contributed by atoms with Crippen LogP contribution in [0.4, 0.5) is 0 Å². The van der Waals surface area contributed by atoms with E-state index in [1.165, 1.54) is 0 Å². The minimum atomic E-state index is 0.158. The minimum absolute atomic E-state index is 0.158. The molecule has 0 aromatic heterocycles. The zero-order valence-electron chi connectivity index (χ0n) is 11.1. The van der Waals surface area contributed by atoms with Crippen LogP contribution in [0.5, 0.6) is 0 Å². The molecule has 18 heavy (non-hydrogen) atoms. The average Bonchev–Trinajstić information content (AvgIpc) is 2.27. The molecule has 0 saturated carbocycles. The molecule has 1 saturated heterocycles. The van der Waals surface area contributed by atoms with E-state index in [1.54, 1.807) is 0 Å². The van der Waals surface area contributed by atoms with Crippen LogP contribution in [0, 0.1) is 0 Å². The van der Waals surface area contributed by atoms with Crippen LogP contribution in [0.25, 0.3) is 0 Å². The van der Waals surface area contributed by atoms with E-state index in [0.717, 1.165) is 30.2 Å². The monoisotopic (exact) mass is 286 g/mol. The van der Waals surface area contributed by atoms with Gasteiger partial charge in [-0.3, -0.25) is 4.90 Å². The van der Waals surface area contributed by atoms with Gasteiger partial charge in [-0.2, -0.15) is 0 Å². The van der Waals surface area contributed by atoms with Crippen LogP contribution < -0.4 is 5.32 Å². The lowest BCUT2D eigenvalue weighted by atomic mass is 9.98. The van der Waals surface area contributed by atoms with Gasteiger partial charge in [0.2, 0.25) is 0 Å². The summed E-state index contributed by atoms with van der Waals surface area (Å²) in [5.74, 6) is 0. The number of hydrogen-bond donors (Lipinski definition) is 1. The van der Waals surface area contributed by atoms with Crippen molar-refractivity contribution in [3.8, 4) is 0 Å². The lowest BCUT2D eigenvalue weighted by Gasteiger charge is -2.43. The fourth-order valence-electron chi connectivity index (χ4n) is 2.35. The van der Waals surface area contributed by atoms with E-state index in [1.807, 2.05) is 18.2 Å².